The van der Waals surface area contributed by atoms with E-state index in [-0.39, 0.29) is 0 Å². The Bertz CT molecular complexity index is 1080. The Kier molecular flexibility index (Phi) is 4.97. The first kappa shape index (κ1) is 17.8. The fraction of sp³-hybridized carbons (Fsp3) is 0.0625. The number of hydrogen-bond donors (Lipinski definition) is 1. The number of nitrogens with two attached hydrogens (primary N) is 1. The topological polar surface area (TPSA) is 100 Å². The van der Waals surface area contributed by atoms with Crippen LogP contribution in [0.4, 0.5) is 0 Å². The van der Waals surface area contributed by atoms with Crippen LogP contribution in [0.25, 0.3) is 17.1 Å². The van der Waals surface area contributed by atoms with Gasteiger partial charge in [0.1, 0.15) is 0 Å². The molecule has 136 valence electrons. The lowest BCUT2D eigenvalue weighted by molar-refractivity contribution is 0.776. The van der Waals surface area contributed by atoms with E-state index >= 15 is 0 Å². The van der Waals surface area contributed by atoms with E-state index in [9.17, 15) is 0 Å². The SMILES string of the molecule is Nn1c(SCc2nnnn2-c2ccccc2)nnc1-c1ccc(Cl)cc1Cl. The highest BCUT2D eigenvalue weighted by atomic mass is 35.5. The molecule has 0 fully saturated rings. The summed E-state index contributed by atoms with van der Waals surface area (Å²) >= 11 is 13.5. The molecule has 0 aliphatic carbocycles. The predicted molar refractivity (Wildman–Crippen MR) is 104 cm³/mol. The summed E-state index contributed by atoms with van der Waals surface area (Å²) in [6, 6.07) is 14.7. The van der Waals surface area contributed by atoms with Crippen molar-refractivity contribution in [3.63, 3.8) is 0 Å². The highest BCUT2D eigenvalue weighted by Gasteiger charge is 2.17. The van der Waals surface area contributed by atoms with Gasteiger partial charge in [0.25, 0.3) is 0 Å². The van der Waals surface area contributed by atoms with Crippen LogP contribution in [0.1, 0.15) is 5.82 Å². The number of rotatable bonds is 5. The Hall–Kier alpha value is -2.62. The van der Waals surface area contributed by atoms with E-state index in [1.165, 1.54) is 16.4 Å². The van der Waals surface area contributed by atoms with Crippen LogP contribution in [-0.4, -0.2) is 35.1 Å². The second kappa shape index (κ2) is 7.55. The molecule has 2 heterocycles. The van der Waals surface area contributed by atoms with Crippen LogP contribution in [-0.2, 0) is 5.75 Å². The molecular weight excluding hydrogens is 407 g/mol. The molecule has 0 aliphatic heterocycles. The highest BCUT2D eigenvalue weighted by Crippen LogP contribution is 2.30. The Balaban J connectivity index is 1.56. The second-order valence-corrected chi connectivity index (χ2v) is 7.22. The number of aromatic nitrogens is 7. The van der Waals surface area contributed by atoms with Crippen molar-refractivity contribution < 1.29 is 0 Å². The van der Waals surface area contributed by atoms with Crippen molar-refractivity contribution in [3.8, 4) is 17.1 Å². The van der Waals surface area contributed by atoms with Gasteiger partial charge in [0.05, 0.1) is 16.5 Å². The molecule has 0 saturated carbocycles. The van der Waals surface area contributed by atoms with Gasteiger partial charge < -0.3 is 5.84 Å². The van der Waals surface area contributed by atoms with Crippen molar-refractivity contribution in [3.05, 3.63) is 64.4 Å². The number of para-hydroxylation sites is 1. The zero-order valence-corrected chi connectivity index (χ0v) is 16.0. The minimum Gasteiger partial charge on any atom is -0.335 e. The van der Waals surface area contributed by atoms with Gasteiger partial charge in [0.2, 0.25) is 5.16 Å². The summed E-state index contributed by atoms with van der Waals surface area (Å²) in [5.41, 5.74) is 1.53. The van der Waals surface area contributed by atoms with Gasteiger partial charge in [-0.1, -0.05) is 53.2 Å². The van der Waals surface area contributed by atoms with E-state index < -0.39 is 0 Å². The maximum atomic E-state index is 6.23. The first-order valence-electron chi connectivity index (χ1n) is 7.75. The molecule has 0 spiro atoms. The van der Waals surface area contributed by atoms with Crippen molar-refractivity contribution in [1.29, 1.82) is 0 Å². The number of benzene rings is 2. The van der Waals surface area contributed by atoms with E-state index in [1.807, 2.05) is 30.3 Å². The molecule has 0 saturated heterocycles. The van der Waals surface area contributed by atoms with E-state index in [2.05, 4.69) is 25.7 Å². The zero-order valence-electron chi connectivity index (χ0n) is 13.7. The van der Waals surface area contributed by atoms with Gasteiger partial charge in [0.15, 0.2) is 11.6 Å². The maximum Gasteiger partial charge on any atom is 0.210 e. The van der Waals surface area contributed by atoms with Crippen molar-refractivity contribution >= 4 is 35.0 Å². The van der Waals surface area contributed by atoms with Gasteiger partial charge in [0, 0.05) is 10.6 Å². The zero-order chi connectivity index (χ0) is 18.8. The fourth-order valence-electron chi connectivity index (χ4n) is 2.42. The van der Waals surface area contributed by atoms with Crippen molar-refractivity contribution in [2.24, 2.45) is 0 Å². The molecule has 2 N–H and O–H groups in total. The minimum absolute atomic E-state index is 0.446. The molecule has 0 atom stereocenters. The third-order valence-electron chi connectivity index (χ3n) is 3.70. The number of thioether (sulfide) groups is 1. The summed E-state index contributed by atoms with van der Waals surface area (Å²) in [5, 5.41) is 21.6. The first-order chi connectivity index (χ1) is 13.1. The second-order valence-electron chi connectivity index (χ2n) is 5.43. The number of nitrogens with zero attached hydrogens (tertiary/aromatic N) is 7. The van der Waals surface area contributed by atoms with Gasteiger partial charge in [-0.25, -0.2) is 4.68 Å². The fourth-order valence-corrected chi connectivity index (χ4v) is 3.68. The maximum absolute atomic E-state index is 6.23. The summed E-state index contributed by atoms with van der Waals surface area (Å²) in [6.07, 6.45) is 0. The highest BCUT2D eigenvalue weighted by molar-refractivity contribution is 7.98. The van der Waals surface area contributed by atoms with Crippen molar-refractivity contribution in [2.75, 3.05) is 5.84 Å². The number of tetrazole rings is 1. The Morgan fingerprint density at radius 2 is 1.81 bits per heavy atom. The lowest BCUT2D eigenvalue weighted by Gasteiger charge is -2.06. The van der Waals surface area contributed by atoms with E-state index in [0.29, 0.717) is 38.2 Å². The number of nitrogen functional groups attached to an aromatic ring is 1. The molecule has 0 bridgehead atoms. The molecule has 4 rings (SSSR count). The van der Waals surface area contributed by atoms with Crippen LogP contribution in [0.2, 0.25) is 10.0 Å². The van der Waals surface area contributed by atoms with Crippen LogP contribution >= 0.6 is 35.0 Å². The van der Waals surface area contributed by atoms with Gasteiger partial charge in [-0.2, -0.15) is 4.68 Å². The molecular formula is C16H12Cl2N8S. The molecule has 0 radical (unpaired) electrons. The van der Waals surface area contributed by atoms with Crippen LogP contribution in [0.5, 0.6) is 0 Å². The molecule has 0 aliphatic rings. The van der Waals surface area contributed by atoms with E-state index in [1.54, 1.807) is 22.9 Å². The summed E-state index contributed by atoms with van der Waals surface area (Å²) in [6.45, 7) is 0. The summed E-state index contributed by atoms with van der Waals surface area (Å²) in [5.74, 6) is 7.73. The molecule has 4 aromatic rings. The molecule has 8 nitrogen and oxygen atoms in total. The van der Waals surface area contributed by atoms with E-state index in [0.717, 1.165) is 5.69 Å². The van der Waals surface area contributed by atoms with Gasteiger partial charge in [-0.15, -0.1) is 15.3 Å². The van der Waals surface area contributed by atoms with Crippen LogP contribution in [0.3, 0.4) is 0 Å². The van der Waals surface area contributed by atoms with Crippen molar-refractivity contribution in [2.45, 2.75) is 10.9 Å². The summed E-state index contributed by atoms with van der Waals surface area (Å²) in [7, 11) is 0. The largest absolute Gasteiger partial charge is 0.335 e. The third kappa shape index (κ3) is 3.61. The lowest BCUT2D eigenvalue weighted by atomic mass is 10.2. The van der Waals surface area contributed by atoms with Gasteiger partial charge in [-0.05, 0) is 40.8 Å². The van der Waals surface area contributed by atoms with Crippen LogP contribution < -0.4 is 5.84 Å². The summed E-state index contributed by atoms with van der Waals surface area (Å²) in [4.78, 5) is 0. The van der Waals surface area contributed by atoms with Gasteiger partial charge >= 0.3 is 0 Å². The normalized spacial score (nSPS) is 11.0. The molecule has 27 heavy (non-hydrogen) atoms. The molecule has 2 aromatic carbocycles. The quantitative estimate of drug-likeness (QED) is 0.392. The first-order valence-corrected chi connectivity index (χ1v) is 9.49. The monoisotopic (exact) mass is 418 g/mol. The van der Waals surface area contributed by atoms with Crippen LogP contribution in [0.15, 0.2) is 53.7 Å². The lowest BCUT2D eigenvalue weighted by Crippen LogP contribution is -2.12. The van der Waals surface area contributed by atoms with Crippen LogP contribution in [0, 0.1) is 0 Å². The predicted octanol–water partition coefficient (Wildman–Crippen LogP) is 3.23. The molecule has 0 unspecified atom stereocenters. The molecule has 11 heteroatoms. The Morgan fingerprint density at radius 1 is 1.00 bits per heavy atom. The minimum atomic E-state index is 0.446. The average molecular weight is 419 g/mol. The third-order valence-corrected chi connectivity index (χ3v) is 5.19. The van der Waals surface area contributed by atoms with Gasteiger partial charge in [-0.3, -0.25) is 0 Å². The Morgan fingerprint density at radius 3 is 2.59 bits per heavy atom. The smallest absolute Gasteiger partial charge is 0.210 e. The standard InChI is InChI=1S/C16H12Cl2N8S/c17-10-6-7-12(13(18)8-10)15-21-22-16(25(15)19)27-9-14-20-23-24-26(14)11-4-2-1-3-5-11/h1-8H,9,19H2. The van der Waals surface area contributed by atoms with Crippen molar-refractivity contribution in [1.82, 2.24) is 35.1 Å². The number of halogens is 2. The Labute approximate surface area is 168 Å². The molecule has 2 aromatic heterocycles. The number of hydrogen-bond acceptors (Lipinski definition) is 7. The summed E-state index contributed by atoms with van der Waals surface area (Å²) < 4.78 is 3.05. The van der Waals surface area contributed by atoms with E-state index in [4.69, 9.17) is 29.0 Å². The molecule has 0 amide bonds. The average Bonchev–Trinajstić information content (AvgIpc) is 3.28.